The van der Waals surface area contributed by atoms with Crippen molar-refractivity contribution in [1.29, 1.82) is 0 Å². The number of amides is 1. The number of aryl methyl sites for hydroxylation is 2. The minimum atomic E-state index is 0. The number of carbonyl (C=O) groups is 1. The molecule has 6 nitrogen and oxygen atoms in total. The first-order valence-electron chi connectivity index (χ1n) is 7.63. The summed E-state index contributed by atoms with van der Waals surface area (Å²) in [6.07, 6.45) is 2.41. The highest BCUT2D eigenvalue weighted by Crippen LogP contribution is 2.17. The molecular weight excluding hydrogens is 425 g/mol. The van der Waals surface area contributed by atoms with Gasteiger partial charge in [-0.25, -0.2) is 4.98 Å². The number of aromatic nitrogens is 1. The molecule has 2 rings (SSSR count). The summed E-state index contributed by atoms with van der Waals surface area (Å²) in [5.74, 6) is 1.02. The largest absolute Gasteiger partial charge is 0.356 e. The summed E-state index contributed by atoms with van der Waals surface area (Å²) >= 11 is 1.75. The van der Waals surface area contributed by atoms with Crippen molar-refractivity contribution in [3.63, 3.8) is 0 Å². The molecule has 0 aliphatic carbocycles. The van der Waals surface area contributed by atoms with Crippen molar-refractivity contribution in [2.24, 2.45) is 4.99 Å². The number of carbonyl (C=O) groups excluding carboxylic acids is 1. The summed E-state index contributed by atoms with van der Waals surface area (Å²) in [5.41, 5.74) is 1.12. The Hall–Kier alpha value is -0.900. The third-order valence-corrected chi connectivity index (χ3v) is 4.97. The number of likely N-dealkylation sites (N-methyl/N-ethyl adjacent to an activating group) is 1. The second-order valence-electron chi connectivity index (χ2n) is 5.64. The van der Waals surface area contributed by atoms with Crippen LogP contribution in [0.3, 0.4) is 0 Å². The molecule has 0 aromatic carbocycles. The van der Waals surface area contributed by atoms with Gasteiger partial charge in [0.15, 0.2) is 5.96 Å². The van der Waals surface area contributed by atoms with E-state index in [4.69, 9.17) is 0 Å². The van der Waals surface area contributed by atoms with E-state index in [1.165, 1.54) is 4.88 Å². The number of thiazole rings is 1. The highest BCUT2D eigenvalue weighted by molar-refractivity contribution is 14.0. The van der Waals surface area contributed by atoms with Crippen LogP contribution in [-0.2, 0) is 11.2 Å². The molecule has 0 saturated carbocycles. The predicted molar refractivity (Wildman–Crippen MR) is 106 cm³/mol. The number of guanidine groups is 1. The zero-order chi connectivity index (χ0) is 16.1. The van der Waals surface area contributed by atoms with Gasteiger partial charge in [-0.1, -0.05) is 0 Å². The molecule has 1 aromatic heterocycles. The first kappa shape index (κ1) is 20.1. The van der Waals surface area contributed by atoms with Crippen LogP contribution in [0.15, 0.2) is 4.99 Å². The number of nitrogens with zero attached hydrogens (tertiary/aromatic N) is 3. The summed E-state index contributed by atoms with van der Waals surface area (Å²) in [6, 6.07) is 0.265. The highest BCUT2D eigenvalue weighted by Gasteiger charge is 2.23. The molecule has 0 radical (unpaired) electrons. The van der Waals surface area contributed by atoms with Crippen LogP contribution in [-0.4, -0.2) is 55.0 Å². The van der Waals surface area contributed by atoms with E-state index in [-0.39, 0.29) is 35.9 Å². The van der Waals surface area contributed by atoms with Gasteiger partial charge in [0, 0.05) is 50.9 Å². The smallest absolute Gasteiger partial charge is 0.222 e. The van der Waals surface area contributed by atoms with Crippen molar-refractivity contribution in [1.82, 2.24) is 20.5 Å². The van der Waals surface area contributed by atoms with Gasteiger partial charge in [-0.2, -0.15) is 0 Å². The van der Waals surface area contributed by atoms with E-state index in [0.717, 1.165) is 42.6 Å². The van der Waals surface area contributed by atoms with E-state index < -0.39 is 0 Å². The van der Waals surface area contributed by atoms with Gasteiger partial charge in [-0.05, 0) is 20.3 Å². The Labute approximate surface area is 159 Å². The van der Waals surface area contributed by atoms with Crippen LogP contribution in [0.1, 0.15) is 28.4 Å². The van der Waals surface area contributed by atoms with Gasteiger partial charge < -0.3 is 15.5 Å². The van der Waals surface area contributed by atoms with Gasteiger partial charge in [0.1, 0.15) is 0 Å². The number of likely N-dealkylation sites (tertiary alicyclic amines) is 1. The average Bonchev–Trinajstić information content (AvgIpc) is 2.80. The van der Waals surface area contributed by atoms with Crippen LogP contribution in [0.4, 0.5) is 0 Å². The monoisotopic (exact) mass is 451 g/mol. The molecule has 1 amide bonds. The van der Waals surface area contributed by atoms with Gasteiger partial charge in [0.05, 0.1) is 10.7 Å². The quantitative estimate of drug-likeness (QED) is 0.416. The first-order chi connectivity index (χ1) is 10.5. The number of nitrogens with one attached hydrogen (secondary N) is 2. The lowest BCUT2D eigenvalue weighted by Gasteiger charge is -2.31. The molecule has 1 aliphatic rings. The Morgan fingerprint density at radius 3 is 2.78 bits per heavy atom. The summed E-state index contributed by atoms with van der Waals surface area (Å²) in [5, 5.41) is 7.85. The Kier molecular flexibility index (Phi) is 8.24. The predicted octanol–water partition coefficient (Wildman–Crippen LogP) is 1.71. The minimum Gasteiger partial charge on any atom is -0.356 e. The van der Waals surface area contributed by atoms with Crippen LogP contribution < -0.4 is 10.6 Å². The number of halogens is 1. The molecule has 1 aliphatic heterocycles. The van der Waals surface area contributed by atoms with Crippen LogP contribution >= 0.6 is 35.3 Å². The molecule has 1 unspecified atom stereocenters. The molecule has 1 atom stereocenters. The lowest BCUT2D eigenvalue weighted by Crippen LogP contribution is -2.51. The average molecular weight is 451 g/mol. The molecule has 0 bridgehead atoms. The molecule has 130 valence electrons. The second-order valence-corrected chi connectivity index (χ2v) is 6.93. The van der Waals surface area contributed by atoms with Gasteiger partial charge in [-0.3, -0.25) is 9.79 Å². The third kappa shape index (κ3) is 5.91. The zero-order valence-electron chi connectivity index (χ0n) is 14.2. The summed E-state index contributed by atoms with van der Waals surface area (Å²) < 4.78 is 0. The maximum atomic E-state index is 11.5. The maximum Gasteiger partial charge on any atom is 0.222 e. The van der Waals surface area contributed by atoms with Crippen LogP contribution in [0.5, 0.6) is 0 Å². The fourth-order valence-corrected chi connectivity index (χ4v) is 3.55. The summed E-state index contributed by atoms with van der Waals surface area (Å²) in [7, 11) is 3.62. The highest BCUT2D eigenvalue weighted by atomic mass is 127. The number of aliphatic imine (C=N–C) groups is 1. The standard InChI is InChI=1S/C15H25N5OS.HI/c1-10-13(22-11(2)18-10)7-8-17-15(16-3)19-12-5-6-14(21)20(4)9-12;/h12H,5-9H2,1-4H3,(H2,16,17,19);1H. The fourth-order valence-electron chi connectivity index (χ4n) is 2.62. The lowest BCUT2D eigenvalue weighted by molar-refractivity contribution is -0.132. The molecular formula is C15H26IN5OS. The van der Waals surface area contributed by atoms with E-state index in [2.05, 4.69) is 27.5 Å². The van der Waals surface area contributed by atoms with E-state index >= 15 is 0 Å². The number of rotatable bonds is 4. The third-order valence-electron chi connectivity index (χ3n) is 3.84. The number of hydrogen-bond donors (Lipinski definition) is 2. The fraction of sp³-hybridized carbons (Fsp3) is 0.667. The van der Waals surface area contributed by atoms with Gasteiger partial charge in [0.25, 0.3) is 0 Å². The van der Waals surface area contributed by atoms with Crippen LogP contribution in [0.2, 0.25) is 0 Å². The van der Waals surface area contributed by atoms with Gasteiger partial charge in [0.2, 0.25) is 5.91 Å². The maximum absolute atomic E-state index is 11.5. The van der Waals surface area contributed by atoms with Crippen molar-refractivity contribution < 1.29 is 4.79 Å². The molecule has 23 heavy (non-hydrogen) atoms. The SMILES string of the molecule is CN=C(NCCc1sc(C)nc1C)NC1CCC(=O)N(C)C1.I. The van der Waals surface area contributed by atoms with Crippen molar-refractivity contribution in [3.05, 3.63) is 15.6 Å². The topological polar surface area (TPSA) is 69.6 Å². The van der Waals surface area contributed by atoms with E-state index in [9.17, 15) is 4.79 Å². The molecule has 1 aromatic rings. The summed E-state index contributed by atoms with van der Waals surface area (Å²) in [4.78, 5) is 23.3. The van der Waals surface area contributed by atoms with E-state index in [0.29, 0.717) is 6.42 Å². The normalized spacial score (nSPS) is 18.6. The van der Waals surface area contributed by atoms with Crippen molar-refractivity contribution in [3.8, 4) is 0 Å². The molecule has 0 spiro atoms. The Morgan fingerprint density at radius 2 is 2.22 bits per heavy atom. The molecule has 2 heterocycles. The van der Waals surface area contributed by atoms with Gasteiger partial charge >= 0.3 is 0 Å². The zero-order valence-corrected chi connectivity index (χ0v) is 17.3. The van der Waals surface area contributed by atoms with Crippen molar-refractivity contribution in [2.45, 2.75) is 39.2 Å². The first-order valence-corrected chi connectivity index (χ1v) is 8.45. The number of hydrogen-bond acceptors (Lipinski definition) is 4. The lowest BCUT2D eigenvalue weighted by atomic mass is 10.1. The Morgan fingerprint density at radius 1 is 1.48 bits per heavy atom. The van der Waals surface area contributed by atoms with Crippen LogP contribution in [0.25, 0.3) is 0 Å². The second kappa shape index (κ2) is 9.41. The van der Waals surface area contributed by atoms with Gasteiger partial charge in [-0.15, -0.1) is 35.3 Å². The molecule has 8 heteroatoms. The molecule has 1 fully saturated rings. The number of piperidine rings is 1. The Balaban J connectivity index is 0.00000264. The van der Waals surface area contributed by atoms with E-state index in [1.807, 2.05) is 14.0 Å². The molecule has 2 N–H and O–H groups in total. The van der Waals surface area contributed by atoms with Crippen molar-refractivity contribution >= 4 is 47.2 Å². The van der Waals surface area contributed by atoms with Crippen LogP contribution in [0, 0.1) is 13.8 Å². The van der Waals surface area contributed by atoms with E-state index in [1.54, 1.807) is 23.3 Å². The minimum absolute atomic E-state index is 0. The molecule has 1 saturated heterocycles. The summed E-state index contributed by atoms with van der Waals surface area (Å²) in [6.45, 7) is 5.65. The Bertz CT molecular complexity index is 560. The van der Waals surface area contributed by atoms with Crippen molar-refractivity contribution in [2.75, 3.05) is 27.2 Å².